The quantitative estimate of drug-likeness (QED) is 0.936. The molecule has 6 heteroatoms. The Hall–Kier alpha value is -1.69. The molecule has 1 aliphatic carbocycles. The van der Waals surface area contributed by atoms with Gasteiger partial charge in [-0.2, -0.15) is 10.1 Å². The van der Waals surface area contributed by atoms with Crippen LogP contribution in [0.4, 0.5) is 0 Å². The van der Waals surface area contributed by atoms with E-state index >= 15 is 0 Å². The second-order valence-corrected chi connectivity index (χ2v) is 6.26. The summed E-state index contributed by atoms with van der Waals surface area (Å²) in [4.78, 5) is 7.02. The van der Waals surface area contributed by atoms with Crippen molar-refractivity contribution in [2.45, 2.75) is 50.5 Å². The predicted molar refractivity (Wildman–Crippen MR) is 76.8 cm³/mol. The summed E-state index contributed by atoms with van der Waals surface area (Å²) >= 11 is 0. The lowest BCUT2D eigenvalue weighted by molar-refractivity contribution is 0.135. The first-order valence-corrected chi connectivity index (χ1v) is 7.88. The molecule has 2 aromatic rings. The maximum Gasteiger partial charge on any atom is 0.243 e. The molecule has 1 saturated heterocycles. The highest BCUT2D eigenvalue weighted by Crippen LogP contribution is 2.39. The molecule has 2 aromatic heterocycles. The van der Waals surface area contributed by atoms with E-state index in [1.165, 1.54) is 18.5 Å². The molecule has 1 saturated carbocycles. The Morgan fingerprint density at radius 2 is 2.05 bits per heavy atom. The summed E-state index contributed by atoms with van der Waals surface area (Å²) in [6, 6.07) is 2.30. The maximum atomic E-state index is 5.46. The molecule has 0 aromatic carbocycles. The number of likely N-dealkylation sites (tertiary alicyclic amines) is 1. The van der Waals surface area contributed by atoms with Gasteiger partial charge in [0.15, 0.2) is 5.82 Å². The number of H-pyrrole nitrogens is 1. The van der Waals surface area contributed by atoms with E-state index in [0.717, 1.165) is 37.6 Å². The van der Waals surface area contributed by atoms with Gasteiger partial charge < -0.3 is 4.52 Å². The van der Waals surface area contributed by atoms with Crippen LogP contribution in [0, 0.1) is 0 Å². The smallest absolute Gasteiger partial charge is 0.243 e. The van der Waals surface area contributed by atoms with Crippen LogP contribution in [-0.4, -0.2) is 38.3 Å². The van der Waals surface area contributed by atoms with Gasteiger partial charge in [-0.25, -0.2) is 0 Å². The lowest BCUT2D eigenvalue weighted by Crippen LogP contribution is -2.35. The number of piperidine rings is 1. The molecule has 4 rings (SSSR count). The van der Waals surface area contributed by atoms with Gasteiger partial charge in [0.05, 0.1) is 6.04 Å². The van der Waals surface area contributed by atoms with Crippen LogP contribution in [0.1, 0.15) is 67.9 Å². The summed E-state index contributed by atoms with van der Waals surface area (Å²) in [5, 5.41) is 11.3. The molecule has 1 N–H and O–H groups in total. The average molecular weight is 287 g/mol. The molecule has 3 heterocycles. The fraction of sp³-hybridized carbons (Fsp3) is 0.667. The second-order valence-electron chi connectivity index (χ2n) is 6.26. The molecular formula is C15H21N5O. The van der Waals surface area contributed by atoms with Gasteiger partial charge in [-0.3, -0.25) is 10.00 Å². The third kappa shape index (κ3) is 2.60. The van der Waals surface area contributed by atoms with Gasteiger partial charge in [0.2, 0.25) is 5.89 Å². The van der Waals surface area contributed by atoms with Crippen molar-refractivity contribution in [1.82, 2.24) is 25.2 Å². The predicted octanol–water partition coefficient (Wildman–Crippen LogP) is 2.61. The summed E-state index contributed by atoms with van der Waals surface area (Å²) in [7, 11) is 0. The normalized spacial score (nSPS) is 22.5. The van der Waals surface area contributed by atoms with Gasteiger partial charge in [-0.15, -0.1) is 0 Å². The summed E-state index contributed by atoms with van der Waals surface area (Å²) in [6.07, 6.45) is 6.56. The van der Waals surface area contributed by atoms with Gasteiger partial charge in [-0.05, 0) is 51.8 Å². The van der Waals surface area contributed by atoms with Crippen molar-refractivity contribution >= 4 is 0 Å². The summed E-state index contributed by atoms with van der Waals surface area (Å²) in [5.41, 5.74) is 1.26. The molecule has 0 radical (unpaired) electrons. The Labute approximate surface area is 123 Å². The average Bonchev–Trinajstić information content (AvgIpc) is 3.05. The molecular weight excluding hydrogens is 266 g/mol. The first kappa shape index (κ1) is 13.0. The van der Waals surface area contributed by atoms with Crippen LogP contribution in [0.5, 0.6) is 0 Å². The van der Waals surface area contributed by atoms with Crippen LogP contribution < -0.4 is 0 Å². The Balaban J connectivity index is 1.38. The van der Waals surface area contributed by atoms with E-state index < -0.39 is 0 Å². The largest absolute Gasteiger partial charge is 0.338 e. The van der Waals surface area contributed by atoms with Gasteiger partial charge in [-0.1, -0.05) is 5.16 Å². The molecule has 0 spiro atoms. The van der Waals surface area contributed by atoms with Crippen molar-refractivity contribution in [2.24, 2.45) is 0 Å². The van der Waals surface area contributed by atoms with E-state index in [1.807, 2.05) is 6.20 Å². The van der Waals surface area contributed by atoms with Crippen LogP contribution in [-0.2, 0) is 0 Å². The molecule has 0 unspecified atom stereocenters. The number of hydrogen-bond donors (Lipinski definition) is 1. The van der Waals surface area contributed by atoms with Crippen LogP contribution >= 0.6 is 0 Å². The van der Waals surface area contributed by atoms with Gasteiger partial charge >= 0.3 is 0 Å². The SMILES string of the molecule is C[C@H](c1nc(C2CC2)no1)N1CCC(c2ccn[nH]2)CC1. The highest BCUT2D eigenvalue weighted by Gasteiger charge is 2.32. The Bertz CT molecular complexity index is 581. The number of aromatic amines is 1. The Morgan fingerprint density at radius 1 is 1.24 bits per heavy atom. The minimum absolute atomic E-state index is 0.215. The standard InChI is InChI=1S/C15H21N5O/c1-10(15-17-14(19-21-15)12-2-3-12)20-8-5-11(6-9-20)13-4-7-16-18-13/h4,7,10-12H,2-3,5-6,8-9H2,1H3,(H,16,18)/t10-/m1/s1. The molecule has 21 heavy (non-hydrogen) atoms. The molecule has 0 bridgehead atoms. The fourth-order valence-corrected chi connectivity index (χ4v) is 3.17. The highest BCUT2D eigenvalue weighted by atomic mass is 16.5. The minimum Gasteiger partial charge on any atom is -0.338 e. The number of aromatic nitrogens is 4. The van der Waals surface area contributed by atoms with Crippen molar-refractivity contribution in [1.29, 1.82) is 0 Å². The number of nitrogens with one attached hydrogen (secondary N) is 1. The van der Waals surface area contributed by atoms with E-state index in [4.69, 9.17) is 4.52 Å². The summed E-state index contributed by atoms with van der Waals surface area (Å²) in [5.74, 6) is 2.84. The summed E-state index contributed by atoms with van der Waals surface area (Å²) in [6.45, 7) is 4.29. The van der Waals surface area contributed by atoms with Crippen molar-refractivity contribution in [3.05, 3.63) is 29.7 Å². The minimum atomic E-state index is 0.215. The number of nitrogens with zero attached hydrogens (tertiary/aromatic N) is 4. The van der Waals surface area contributed by atoms with Gasteiger partial charge in [0.25, 0.3) is 0 Å². The Kier molecular flexibility index (Phi) is 3.25. The van der Waals surface area contributed by atoms with Crippen LogP contribution in [0.15, 0.2) is 16.8 Å². The van der Waals surface area contributed by atoms with E-state index in [-0.39, 0.29) is 6.04 Å². The molecule has 0 amide bonds. The van der Waals surface area contributed by atoms with E-state index in [9.17, 15) is 0 Å². The molecule has 6 nitrogen and oxygen atoms in total. The third-order valence-corrected chi connectivity index (χ3v) is 4.80. The molecule has 1 aliphatic heterocycles. The van der Waals surface area contributed by atoms with E-state index in [1.54, 1.807) is 0 Å². The van der Waals surface area contributed by atoms with Gasteiger partial charge in [0.1, 0.15) is 0 Å². The van der Waals surface area contributed by atoms with E-state index in [2.05, 4.69) is 38.2 Å². The lowest BCUT2D eigenvalue weighted by atomic mass is 9.93. The zero-order valence-electron chi connectivity index (χ0n) is 12.3. The molecule has 112 valence electrons. The van der Waals surface area contributed by atoms with Crippen LogP contribution in [0.2, 0.25) is 0 Å². The van der Waals surface area contributed by atoms with Gasteiger partial charge in [0, 0.05) is 23.7 Å². The molecule has 1 atom stereocenters. The monoisotopic (exact) mass is 287 g/mol. The fourth-order valence-electron chi connectivity index (χ4n) is 3.17. The lowest BCUT2D eigenvalue weighted by Gasteiger charge is -2.34. The van der Waals surface area contributed by atoms with Crippen molar-refractivity contribution < 1.29 is 4.52 Å². The second kappa shape index (κ2) is 5.26. The van der Waals surface area contributed by atoms with E-state index in [0.29, 0.717) is 11.8 Å². The first-order valence-electron chi connectivity index (χ1n) is 7.88. The summed E-state index contributed by atoms with van der Waals surface area (Å²) < 4.78 is 5.46. The zero-order chi connectivity index (χ0) is 14.2. The van der Waals surface area contributed by atoms with Crippen molar-refractivity contribution in [2.75, 3.05) is 13.1 Å². The topological polar surface area (TPSA) is 70.8 Å². The number of hydrogen-bond acceptors (Lipinski definition) is 5. The van der Waals surface area contributed by atoms with Crippen molar-refractivity contribution in [3.8, 4) is 0 Å². The molecule has 2 fully saturated rings. The van der Waals surface area contributed by atoms with Crippen LogP contribution in [0.25, 0.3) is 0 Å². The zero-order valence-corrected chi connectivity index (χ0v) is 12.3. The Morgan fingerprint density at radius 3 is 2.71 bits per heavy atom. The third-order valence-electron chi connectivity index (χ3n) is 4.80. The first-order chi connectivity index (χ1) is 10.3. The highest BCUT2D eigenvalue weighted by molar-refractivity contribution is 5.08. The van der Waals surface area contributed by atoms with Crippen LogP contribution in [0.3, 0.4) is 0 Å². The number of rotatable bonds is 4. The van der Waals surface area contributed by atoms with Crippen molar-refractivity contribution in [3.63, 3.8) is 0 Å². The molecule has 2 aliphatic rings. The maximum absolute atomic E-state index is 5.46.